The molecule has 0 saturated carbocycles. The third kappa shape index (κ3) is 4.63. The summed E-state index contributed by atoms with van der Waals surface area (Å²) in [4.78, 5) is 2.57. The summed E-state index contributed by atoms with van der Waals surface area (Å²) >= 11 is 0. The van der Waals surface area contributed by atoms with Gasteiger partial charge >= 0.3 is 0 Å². The van der Waals surface area contributed by atoms with Gasteiger partial charge in [-0.05, 0) is 45.3 Å². The summed E-state index contributed by atoms with van der Waals surface area (Å²) in [6.07, 6.45) is 2.80. The van der Waals surface area contributed by atoms with E-state index in [1.807, 2.05) is 0 Å². The molecule has 1 fully saturated rings. The molecular formula is C11H24N2. The fraction of sp³-hybridized carbons (Fsp3) is 1.00. The van der Waals surface area contributed by atoms with Crippen LogP contribution in [0.4, 0.5) is 0 Å². The van der Waals surface area contributed by atoms with Crippen molar-refractivity contribution in [2.75, 3.05) is 26.2 Å². The lowest BCUT2D eigenvalue weighted by Gasteiger charge is -2.21. The van der Waals surface area contributed by atoms with Crippen LogP contribution in [0, 0.1) is 5.92 Å². The molecular weight excluding hydrogens is 160 g/mol. The van der Waals surface area contributed by atoms with E-state index in [0.717, 1.165) is 12.5 Å². The van der Waals surface area contributed by atoms with Crippen LogP contribution in [-0.4, -0.2) is 37.1 Å². The Hall–Kier alpha value is -0.0800. The molecule has 1 heterocycles. The van der Waals surface area contributed by atoms with Crippen molar-refractivity contribution in [2.45, 2.75) is 39.7 Å². The second-order valence-corrected chi connectivity index (χ2v) is 4.71. The normalized spacial score (nSPS) is 21.2. The predicted octanol–water partition coefficient (Wildman–Crippen LogP) is 1.72. The van der Waals surface area contributed by atoms with Gasteiger partial charge in [0.2, 0.25) is 0 Å². The Labute approximate surface area is 82.7 Å². The van der Waals surface area contributed by atoms with E-state index >= 15 is 0 Å². The molecule has 0 aromatic rings. The maximum absolute atomic E-state index is 3.57. The highest BCUT2D eigenvalue weighted by Gasteiger charge is 2.13. The number of rotatable bonds is 5. The van der Waals surface area contributed by atoms with E-state index < -0.39 is 0 Å². The van der Waals surface area contributed by atoms with Gasteiger partial charge in [0, 0.05) is 12.6 Å². The Kier molecular flexibility index (Phi) is 4.74. The number of hydrogen-bond acceptors (Lipinski definition) is 2. The number of nitrogens with one attached hydrogen (secondary N) is 1. The highest BCUT2D eigenvalue weighted by Crippen LogP contribution is 2.07. The molecule has 0 aromatic heterocycles. The fourth-order valence-electron chi connectivity index (χ4n) is 1.85. The van der Waals surface area contributed by atoms with Gasteiger partial charge in [0.1, 0.15) is 0 Å². The molecule has 1 atom stereocenters. The van der Waals surface area contributed by atoms with Gasteiger partial charge in [-0.15, -0.1) is 0 Å². The van der Waals surface area contributed by atoms with Crippen molar-refractivity contribution >= 4 is 0 Å². The second-order valence-electron chi connectivity index (χ2n) is 4.71. The van der Waals surface area contributed by atoms with Crippen molar-refractivity contribution in [3.05, 3.63) is 0 Å². The van der Waals surface area contributed by atoms with Gasteiger partial charge in [0.25, 0.3) is 0 Å². The molecule has 1 N–H and O–H groups in total. The van der Waals surface area contributed by atoms with Crippen molar-refractivity contribution in [1.82, 2.24) is 10.2 Å². The highest BCUT2D eigenvalue weighted by molar-refractivity contribution is 4.72. The Bertz CT molecular complexity index is 128. The molecule has 1 aliphatic heterocycles. The molecule has 0 aromatic carbocycles. The molecule has 0 radical (unpaired) electrons. The molecule has 2 heteroatoms. The van der Waals surface area contributed by atoms with E-state index in [-0.39, 0.29) is 0 Å². The molecule has 1 aliphatic rings. The Morgan fingerprint density at radius 1 is 1.15 bits per heavy atom. The standard InChI is InChI=1S/C11H24N2/c1-10(2)8-12-11(3)9-13-6-4-5-7-13/h10-12H,4-9H2,1-3H3. The van der Waals surface area contributed by atoms with Gasteiger partial charge in [-0.3, -0.25) is 0 Å². The average Bonchev–Trinajstić information content (AvgIpc) is 2.53. The first-order chi connectivity index (χ1) is 6.18. The summed E-state index contributed by atoms with van der Waals surface area (Å²) in [6, 6.07) is 0.653. The topological polar surface area (TPSA) is 15.3 Å². The number of nitrogens with zero attached hydrogens (tertiary/aromatic N) is 1. The van der Waals surface area contributed by atoms with Gasteiger partial charge < -0.3 is 10.2 Å². The van der Waals surface area contributed by atoms with Crippen molar-refractivity contribution in [3.63, 3.8) is 0 Å². The van der Waals surface area contributed by atoms with Gasteiger partial charge in [0.05, 0.1) is 0 Å². The SMILES string of the molecule is CC(C)CNC(C)CN1CCCC1. The fourth-order valence-corrected chi connectivity index (χ4v) is 1.85. The molecule has 1 rings (SSSR count). The predicted molar refractivity (Wildman–Crippen MR) is 58.0 cm³/mol. The maximum atomic E-state index is 3.57. The van der Waals surface area contributed by atoms with E-state index in [4.69, 9.17) is 0 Å². The summed E-state index contributed by atoms with van der Waals surface area (Å²) in [7, 11) is 0. The minimum atomic E-state index is 0.653. The lowest BCUT2D eigenvalue weighted by atomic mass is 10.2. The van der Waals surface area contributed by atoms with Crippen LogP contribution in [0.15, 0.2) is 0 Å². The van der Waals surface area contributed by atoms with Crippen molar-refractivity contribution in [3.8, 4) is 0 Å². The van der Waals surface area contributed by atoms with Crippen LogP contribution < -0.4 is 5.32 Å². The van der Waals surface area contributed by atoms with Crippen LogP contribution in [0.25, 0.3) is 0 Å². The van der Waals surface area contributed by atoms with Crippen LogP contribution in [0.5, 0.6) is 0 Å². The summed E-state index contributed by atoms with van der Waals surface area (Å²) < 4.78 is 0. The molecule has 2 nitrogen and oxygen atoms in total. The molecule has 1 saturated heterocycles. The first kappa shape index (κ1) is 11.0. The van der Waals surface area contributed by atoms with E-state index in [2.05, 4.69) is 31.0 Å². The zero-order chi connectivity index (χ0) is 9.68. The lowest BCUT2D eigenvalue weighted by Crippen LogP contribution is -2.39. The number of hydrogen-bond donors (Lipinski definition) is 1. The molecule has 1 unspecified atom stereocenters. The third-order valence-electron chi connectivity index (χ3n) is 2.61. The summed E-state index contributed by atoms with van der Waals surface area (Å²) in [6.45, 7) is 11.8. The first-order valence-corrected chi connectivity index (χ1v) is 5.64. The van der Waals surface area contributed by atoms with Crippen molar-refractivity contribution in [1.29, 1.82) is 0 Å². The van der Waals surface area contributed by atoms with Crippen LogP contribution in [0.3, 0.4) is 0 Å². The Balaban J connectivity index is 2.05. The third-order valence-corrected chi connectivity index (χ3v) is 2.61. The molecule has 0 spiro atoms. The molecule has 78 valence electrons. The monoisotopic (exact) mass is 184 g/mol. The average molecular weight is 184 g/mol. The van der Waals surface area contributed by atoms with Crippen molar-refractivity contribution < 1.29 is 0 Å². The van der Waals surface area contributed by atoms with Crippen LogP contribution in [0.2, 0.25) is 0 Å². The molecule has 0 amide bonds. The van der Waals surface area contributed by atoms with Crippen LogP contribution in [-0.2, 0) is 0 Å². The summed E-state index contributed by atoms with van der Waals surface area (Å²) in [5.41, 5.74) is 0. The molecule has 0 bridgehead atoms. The zero-order valence-electron chi connectivity index (χ0n) is 9.34. The largest absolute Gasteiger partial charge is 0.313 e. The van der Waals surface area contributed by atoms with Gasteiger partial charge in [-0.1, -0.05) is 13.8 Å². The Morgan fingerprint density at radius 2 is 1.77 bits per heavy atom. The quantitative estimate of drug-likeness (QED) is 0.700. The van der Waals surface area contributed by atoms with E-state index in [1.54, 1.807) is 0 Å². The van der Waals surface area contributed by atoms with Gasteiger partial charge in [-0.25, -0.2) is 0 Å². The maximum Gasteiger partial charge on any atom is 0.0166 e. The zero-order valence-corrected chi connectivity index (χ0v) is 9.34. The van der Waals surface area contributed by atoms with E-state index in [9.17, 15) is 0 Å². The molecule has 13 heavy (non-hydrogen) atoms. The van der Waals surface area contributed by atoms with Crippen LogP contribution >= 0.6 is 0 Å². The molecule has 0 aliphatic carbocycles. The smallest absolute Gasteiger partial charge is 0.0166 e. The van der Waals surface area contributed by atoms with E-state index in [1.165, 1.54) is 32.5 Å². The van der Waals surface area contributed by atoms with Gasteiger partial charge in [0.15, 0.2) is 0 Å². The Morgan fingerprint density at radius 3 is 2.31 bits per heavy atom. The first-order valence-electron chi connectivity index (χ1n) is 5.64. The number of likely N-dealkylation sites (tertiary alicyclic amines) is 1. The lowest BCUT2D eigenvalue weighted by molar-refractivity contribution is 0.294. The summed E-state index contributed by atoms with van der Waals surface area (Å²) in [5.74, 6) is 0.765. The van der Waals surface area contributed by atoms with Gasteiger partial charge in [-0.2, -0.15) is 0 Å². The highest BCUT2D eigenvalue weighted by atomic mass is 15.2. The summed E-state index contributed by atoms with van der Waals surface area (Å²) in [5, 5.41) is 3.57. The minimum absolute atomic E-state index is 0.653. The van der Waals surface area contributed by atoms with Crippen molar-refractivity contribution in [2.24, 2.45) is 5.92 Å². The minimum Gasteiger partial charge on any atom is -0.313 e. The van der Waals surface area contributed by atoms with Crippen LogP contribution in [0.1, 0.15) is 33.6 Å². The van der Waals surface area contributed by atoms with E-state index in [0.29, 0.717) is 6.04 Å². The second kappa shape index (κ2) is 5.61.